The molecule has 0 spiro atoms. The number of rotatable bonds is 9. The van der Waals surface area contributed by atoms with Crippen LogP contribution in [-0.2, 0) is 16.0 Å². The summed E-state index contributed by atoms with van der Waals surface area (Å²) in [5.74, 6) is 1.39. The highest BCUT2D eigenvalue weighted by Gasteiger charge is 2.23. The molecule has 0 unspecified atom stereocenters. The Bertz CT molecular complexity index is 950. The van der Waals surface area contributed by atoms with Crippen LogP contribution in [-0.4, -0.2) is 55.7 Å². The van der Waals surface area contributed by atoms with Gasteiger partial charge < -0.3 is 24.4 Å². The van der Waals surface area contributed by atoms with Crippen LogP contribution in [0.1, 0.15) is 42.6 Å². The van der Waals surface area contributed by atoms with Gasteiger partial charge in [0.15, 0.2) is 0 Å². The number of carbonyl (C=O) groups is 3. The lowest BCUT2D eigenvalue weighted by molar-refractivity contribution is -0.131. The largest absolute Gasteiger partial charge is 0.513 e. The second-order valence-corrected chi connectivity index (χ2v) is 8.10. The summed E-state index contributed by atoms with van der Waals surface area (Å²) >= 11 is 0. The van der Waals surface area contributed by atoms with Crippen molar-refractivity contribution in [2.75, 3.05) is 32.8 Å². The number of likely N-dealkylation sites (tertiary alicyclic amines) is 1. The van der Waals surface area contributed by atoms with Gasteiger partial charge in [0.25, 0.3) is 5.91 Å². The highest BCUT2D eigenvalue weighted by molar-refractivity contribution is 5.94. The maximum atomic E-state index is 12.7. The van der Waals surface area contributed by atoms with Crippen LogP contribution in [0.15, 0.2) is 48.5 Å². The SMILES string of the molecule is CCOC(=O)Oc1ccc(C(=O)NCC2CCN(C(=O)Cc3ccc(OCC)cc3)CC2)cc1. The molecule has 2 amide bonds. The molecule has 182 valence electrons. The molecule has 3 rings (SSSR count). The first-order chi connectivity index (χ1) is 16.5. The minimum absolute atomic E-state index is 0.122. The molecule has 1 heterocycles. The Morgan fingerprint density at radius 3 is 2.18 bits per heavy atom. The molecule has 0 atom stereocenters. The monoisotopic (exact) mass is 468 g/mol. The fourth-order valence-electron chi connectivity index (χ4n) is 3.80. The van der Waals surface area contributed by atoms with Gasteiger partial charge in [0.1, 0.15) is 11.5 Å². The van der Waals surface area contributed by atoms with E-state index >= 15 is 0 Å². The molecule has 1 aliphatic heterocycles. The Morgan fingerprint density at radius 2 is 1.56 bits per heavy atom. The second-order valence-electron chi connectivity index (χ2n) is 8.10. The lowest BCUT2D eigenvalue weighted by atomic mass is 9.96. The van der Waals surface area contributed by atoms with Crippen LogP contribution in [0, 0.1) is 5.92 Å². The fraction of sp³-hybridized carbons (Fsp3) is 0.423. The van der Waals surface area contributed by atoms with E-state index in [2.05, 4.69) is 5.32 Å². The molecule has 1 aliphatic rings. The predicted octanol–water partition coefficient (Wildman–Crippen LogP) is 3.83. The zero-order valence-electron chi connectivity index (χ0n) is 19.7. The van der Waals surface area contributed by atoms with Gasteiger partial charge in [-0.3, -0.25) is 9.59 Å². The summed E-state index contributed by atoms with van der Waals surface area (Å²) in [6, 6.07) is 14.0. The van der Waals surface area contributed by atoms with Gasteiger partial charge in [-0.25, -0.2) is 4.79 Å². The van der Waals surface area contributed by atoms with Gasteiger partial charge in [0.2, 0.25) is 5.91 Å². The maximum absolute atomic E-state index is 12.7. The average Bonchev–Trinajstić information content (AvgIpc) is 2.85. The van der Waals surface area contributed by atoms with Gasteiger partial charge in [-0.15, -0.1) is 0 Å². The lowest BCUT2D eigenvalue weighted by Crippen LogP contribution is -2.42. The summed E-state index contributed by atoms with van der Waals surface area (Å²) < 4.78 is 15.2. The topological polar surface area (TPSA) is 94.2 Å². The Kier molecular flexibility index (Phi) is 9.31. The van der Waals surface area contributed by atoms with Crippen molar-refractivity contribution in [3.63, 3.8) is 0 Å². The molecule has 0 radical (unpaired) electrons. The van der Waals surface area contributed by atoms with Crippen LogP contribution in [0.2, 0.25) is 0 Å². The number of ether oxygens (including phenoxy) is 3. The van der Waals surface area contributed by atoms with Crippen LogP contribution in [0.25, 0.3) is 0 Å². The number of hydrogen-bond donors (Lipinski definition) is 1. The van der Waals surface area contributed by atoms with E-state index in [4.69, 9.17) is 14.2 Å². The number of hydrogen-bond acceptors (Lipinski definition) is 6. The molecule has 0 aromatic heterocycles. The number of amides is 2. The Balaban J connectivity index is 1.38. The summed E-state index contributed by atoms with van der Waals surface area (Å²) in [6.07, 6.45) is 1.30. The molecule has 2 aromatic rings. The fourth-order valence-corrected chi connectivity index (χ4v) is 3.80. The van der Waals surface area contributed by atoms with Crippen molar-refractivity contribution in [2.45, 2.75) is 33.1 Å². The minimum Gasteiger partial charge on any atom is -0.494 e. The molecular weight excluding hydrogens is 436 g/mol. The molecule has 1 fully saturated rings. The quantitative estimate of drug-likeness (QED) is 0.444. The predicted molar refractivity (Wildman–Crippen MR) is 127 cm³/mol. The smallest absolute Gasteiger partial charge is 0.494 e. The first-order valence-corrected chi connectivity index (χ1v) is 11.7. The van der Waals surface area contributed by atoms with Crippen LogP contribution in [0.4, 0.5) is 4.79 Å². The van der Waals surface area contributed by atoms with Crippen LogP contribution >= 0.6 is 0 Å². The number of nitrogens with zero attached hydrogens (tertiary/aromatic N) is 1. The van der Waals surface area contributed by atoms with Gasteiger partial charge in [-0.2, -0.15) is 0 Å². The molecule has 0 saturated carbocycles. The third-order valence-corrected chi connectivity index (χ3v) is 5.69. The molecular formula is C26H32N2O6. The van der Waals surface area contributed by atoms with E-state index in [9.17, 15) is 14.4 Å². The van der Waals surface area contributed by atoms with E-state index < -0.39 is 6.16 Å². The Morgan fingerprint density at radius 1 is 0.912 bits per heavy atom. The van der Waals surface area contributed by atoms with E-state index in [-0.39, 0.29) is 18.4 Å². The summed E-state index contributed by atoms with van der Waals surface area (Å²) in [5.41, 5.74) is 1.46. The summed E-state index contributed by atoms with van der Waals surface area (Å²) in [7, 11) is 0. The second kappa shape index (κ2) is 12.6. The van der Waals surface area contributed by atoms with Crippen molar-refractivity contribution in [1.29, 1.82) is 0 Å². The van der Waals surface area contributed by atoms with Crippen molar-refractivity contribution in [1.82, 2.24) is 10.2 Å². The summed E-state index contributed by atoms with van der Waals surface area (Å²) in [5, 5.41) is 2.96. The van der Waals surface area contributed by atoms with Gasteiger partial charge in [-0.05, 0) is 74.6 Å². The van der Waals surface area contributed by atoms with Crippen molar-refractivity contribution in [3.05, 3.63) is 59.7 Å². The van der Waals surface area contributed by atoms with Gasteiger partial charge >= 0.3 is 6.16 Å². The van der Waals surface area contributed by atoms with Crippen LogP contribution in [0.3, 0.4) is 0 Å². The number of carbonyl (C=O) groups excluding carboxylic acids is 3. The molecule has 1 saturated heterocycles. The standard InChI is InChI=1S/C26H32N2O6/c1-3-32-22-9-5-19(6-10-22)17-24(29)28-15-13-20(14-16-28)18-27-25(30)21-7-11-23(12-8-21)34-26(31)33-4-2/h5-12,20H,3-4,13-18H2,1-2H3,(H,27,30). The van der Waals surface area contributed by atoms with E-state index in [0.29, 0.717) is 49.9 Å². The first-order valence-electron chi connectivity index (χ1n) is 11.7. The van der Waals surface area contributed by atoms with Gasteiger partial charge in [-0.1, -0.05) is 12.1 Å². The minimum atomic E-state index is -0.774. The summed E-state index contributed by atoms with van der Waals surface area (Å²) in [4.78, 5) is 38.3. The van der Waals surface area contributed by atoms with Crippen LogP contribution < -0.4 is 14.8 Å². The first kappa shape index (κ1) is 25.1. The Hall–Kier alpha value is -3.55. The van der Waals surface area contributed by atoms with Gasteiger partial charge in [0, 0.05) is 25.2 Å². The third-order valence-electron chi connectivity index (χ3n) is 5.69. The van der Waals surface area contributed by atoms with E-state index in [1.807, 2.05) is 36.1 Å². The molecule has 34 heavy (non-hydrogen) atoms. The highest BCUT2D eigenvalue weighted by atomic mass is 16.7. The average molecular weight is 469 g/mol. The normalized spacial score (nSPS) is 13.8. The van der Waals surface area contributed by atoms with Gasteiger partial charge in [0.05, 0.1) is 19.6 Å². The number of benzene rings is 2. The third kappa shape index (κ3) is 7.50. The highest BCUT2D eigenvalue weighted by Crippen LogP contribution is 2.19. The molecule has 2 aromatic carbocycles. The zero-order chi connectivity index (χ0) is 24.3. The number of nitrogens with one attached hydrogen (secondary N) is 1. The van der Waals surface area contributed by atoms with Crippen molar-refractivity contribution in [2.24, 2.45) is 5.92 Å². The lowest BCUT2D eigenvalue weighted by Gasteiger charge is -2.32. The summed E-state index contributed by atoms with van der Waals surface area (Å²) in [6.45, 7) is 6.42. The molecule has 1 N–H and O–H groups in total. The van der Waals surface area contributed by atoms with E-state index in [1.165, 1.54) is 0 Å². The van der Waals surface area contributed by atoms with Crippen LogP contribution in [0.5, 0.6) is 11.5 Å². The molecule has 8 heteroatoms. The Labute approximate surface area is 200 Å². The van der Waals surface area contributed by atoms with Crippen molar-refractivity contribution < 1.29 is 28.6 Å². The van der Waals surface area contributed by atoms with E-state index in [0.717, 1.165) is 24.2 Å². The zero-order valence-corrected chi connectivity index (χ0v) is 19.7. The molecule has 0 bridgehead atoms. The number of piperidine rings is 1. The molecule has 0 aliphatic carbocycles. The molecule has 8 nitrogen and oxygen atoms in total. The van der Waals surface area contributed by atoms with E-state index in [1.54, 1.807) is 31.2 Å². The maximum Gasteiger partial charge on any atom is 0.513 e. The van der Waals surface area contributed by atoms with Crippen molar-refractivity contribution >= 4 is 18.0 Å². The van der Waals surface area contributed by atoms with Crippen molar-refractivity contribution in [3.8, 4) is 11.5 Å².